The molecule has 1 radical (unpaired) electrons. The molecule has 0 rings (SSSR count). The monoisotopic (exact) mass is 1050 g/mol. The van der Waals surface area contributed by atoms with Crippen molar-refractivity contribution >= 4 is 60.4 Å². The van der Waals surface area contributed by atoms with E-state index in [0.29, 0.717) is 38.6 Å². The molecule has 0 bridgehead atoms. The molecule has 373 valence electrons. The molecule has 6 nitrogen and oxygen atoms in total. The Labute approximate surface area is 407 Å². The first-order valence-corrected chi connectivity index (χ1v) is 40.6. The molecule has 10 heteroatoms. The van der Waals surface area contributed by atoms with Gasteiger partial charge in [0, 0.05) is 0 Å². The fraction of sp³-hybridized carbons (Fsp3) is 0.943. The first-order valence-electron chi connectivity index (χ1n) is 27.2. The topological polar surface area (TPSA) is 78.9 Å². The van der Waals surface area contributed by atoms with Crippen LogP contribution in [0.5, 0.6) is 0 Å². The summed E-state index contributed by atoms with van der Waals surface area (Å²) in [7, 11) is 5.89. The average Bonchev–Trinajstić information content (AvgIpc) is 3.28. The van der Waals surface area contributed by atoms with Crippen molar-refractivity contribution in [1.29, 1.82) is 0 Å². The summed E-state index contributed by atoms with van der Waals surface area (Å²) >= 11 is -2.29. The molecular formula is C53H103O6S3Sn. The van der Waals surface area contributed by atoms with E-state index < -0.39 is 15.6 Å². The van der Waals surface area contributed by atoms with Crippen LogP contribution < -0.4 is 0 Å². The van der Waals surface area contributed by atoms with E-state index in [-0.39, 0.29) is 23.8 Å². The first kappa shape index (κ1) is 63.3. The second kappa shape index (κ2) is 51.6. The van der Waals surface area contributed by atoms with Crippen LogP contribution in [-0.2, 0) is 28.6 Å². The van der Waals surface area contributed by atoms with E-state index in [0.717, 1.165) is 87.9 Å². The molecular weight excluding hydrogens is 947 g/mol. The zero-order valence-corrected chi connectivity index (χ0v) is 47.5. The van der Waals surface area contributed by atoms with Crippen LogP contribution in [0.2, 0.25) is 0 Å². The third-order valence-electron chi connectivity index (χ3n) is 12.2. The molecule has 0 spiro atoms. The number of unbranched alkanes of at least 4 members (excludes halogenated alkanes) is 28. The fourth-order valence-electron chi connectivity index (χ4n) is 8.06. The van der Waals surface area contributed by atoms with E-state index in [2.05, 4.69) is 34.6 Å². The second-order valence-corrected chi connectivity index (χ2v) is 42.5. The van der Waals surface area contributed by atoms with Gasteiger partial charge in [-0.1, -0.05) is 97.8 Å². The quantitative estimate of drug-likeness (QED) is 0.0256. The average molecular weight is 1050 g/mol. The number of carbonyl (C=O) groups excluding carboxylic acids is 3. The Morgan fingerprint density at radius 1 is 0.381 bits per heavy atom. The van der Waals surface area contributed by atoms with E-state index >= 15 is 0 Å². The van der Waals surface area contributed by atoms with Crippen LogP contribution in [0.25, 0.3) is 0 Å². The van der Waals surface area contributed by atoms with Crippen LogP contribution in [0, 0.1) is 11.8 Å². The molecule has 0 N–H and O–H groups in total. The Balaban J connectivity index is 5.09. The number of carbonyl (C=O) groups is 3. The van der Waals surface area contributed by atoms with Crippen LogP contribution >= 0.6 is 26.8 Å². The van der Waals surface area contributed by atoms with Crippen LogP contribution in [0.15, 0.2) is 0 Å². The van der Waals surface area contributed by atoms with E-state index in [4.69, 9.17) is 14.2 Å². The Morgan fingerprint density at radius 2 is 0.714 bits per heavy atom. The van der Waals surface area contributed by atoms with E-state index in [1.807, 2.05) is 26.8 Å². The number of hydrogen-bond donors (Lipinski definition) is 0. The SMILES string of the molecule is CCCCCCCCCCCCOC(=O)CC[S][Sn]([S]CCC(=O)OCCCCCCCCCCCC)[S]CC(C(=O)OCCCCCCCCCCCC)C(CCC)CCCC. The second-order valence-electron chi connectivity index (χ2n) is 18.2. The molecule has 0 heterocycles. The molecule has 0 saturated heterocycles. The van der Waals surface area contributed by atoms with Gasteiger partial charge in [-0.2, -0.15) is 0 Å². The summed E-state index contributed by atoms with van der Waals surface area (Å²) in [6.45, 7) is 12.8. The van der Waals surface area contributed by atoms with Crippen molar-refractivity contribution in [2.45, 2.75) is 272 Å². The molecule has 0 aliphatic heterocycles. The normalized spacial score (nSPS) is 12.5. The van der Waals surface area contributed by atoms with Gasteiger partial charge in [0.1, 0.15) is 0 Å². The van der Waals surface area contributed by atoms with Gasteiger partial charge in [-0.15, -0.1) is 0 Å². The molecule has 0 aromatic rings. The molecule has 63 heavy (non-hydrogen) atoms. The summed E-state index contributed by atoms with van der Waals surface area (Å²) < 4.78 is 17.4. The number of rotatable bonds is 51. The summed E-state index contributed by atoms with van der Waals surface area (Å²) in [6.07, 6.45) is 44.2. The van der Waals surface area contributed by atoms with Crippen molar-refractivity contribution in [3.05, 3.63) is 0 Å². The zero-order valence-electron chi connectivity index (χ0n) is 42.2. The summed E-state index contributed by atoms with van der Waals surface area (Å²) in [5, 5.41) is 0. The summed E-state index contributed by atoms with van der Waals surface area (Å²) in [4.78, 5) is 39.3. The molecule has 0 aromatic heterocycles. The van der Waals surface area contributed by atoms with Crippen LogP contribution in [0.1, 0.15) is 272 Å². The van der Waals surface area contributed by atoms with Crippen molar-refractivity contribution in [2.75, 3.05) is 37.1 Å². The predicted molar refractivity (Wildman–Crippen MR) is 282 cm³/mol. The fourth-order valence-corrected chi connectivity index (χ4v) is 33.8. The first-order chi connectivity index (χ1) is 30.9. The zero-order chi connectivity index (χ0) is 46.1. The molecule has 0 aliphatic carbocycles. The summed E-state index contributed by atoms with van der Waals surface area (Å²) in [5.74, 6) is 2.32. The molecule has 2 atom stereocenters. The van der Waals surface area contributed by atoms with Crippen LogP contribution in [-0.4, -0.2) is 70.6 Å². The van der Waals surface area contributed by atoms with Gasteiger partial charge >= 0.3 is 312 Å². The van der Waals surface area contributed by atoms with Crippen molar-refractivity contribution in [1.82, 2.24) is 0 Å². The van der Waals surface area contributed by atoms with Gasteiger partial charge in [0.25, 0.3) is 0 Å². The third-order valence-corrected chi connectivity index (χ3v) is 39.4. The van der Waals surface area contributed by atoms with Crippen molar-refractivity contribution in [3.63, 3.8) is 0 Å². The molecule has 0 aliphatic rings. The van der Waals surface area contributed by atoms with Gasteiger partial charge in [0.05, 0.1) is 0 Å². The maximum atomic E-state index is 13.8. The van der Waals surface area contributed by atoms with E-state index in [1.54, 1.807) is 0 Å². The number of hydrogen-bond acceptors (Lipinski definition) is 9. The van der Waals surface area contributed by atoms with Gasteiger partial charge < -0.3 is 0 Å². The minimum absolute atomic E-state index is 0.00295. The molecule has 0 aromatic carbocycles. The van der Waals surface area contributed by atoms with Crippen LogP contribution in [0.3, 0.4) is 0 Å². The van der Waals surface area contributed by atoms with E-state index in [1.165, 1.54) is 154 Å². The summed E-state index contributed by atoms with van der Waals surface area (Å²) in [5.41, 5.74) is 0. The summed E-state index contributed by atoms with van der Waals surface area (Å²) in [6, 6.07) is 0. The van der Waals surface area contributed by atoms with E-state index in [9.17, 15) is 14.4 Å². The Bertz CT molecular complexity index is 946. The van der Waals surface area contributed by atoms with Gasteiger partial charge in [0.15, 0.2) is 0 Å². The Hall–Kier alpha value is 0.259. The van der Waals surface area contributed by atoms with Crippen molar-refractivity contribution in [3.8, 4) is 0 Å². The molecule has 0 fully saturated rings. The third kappa shape index (κ3) is 44.5. The number of ether oxygens (including phenoxy) is 3. The molecule has 2 unspecified atom stereocenters. The van der Waals surface area contributed by atoms with Gasteiger partial charge in [0.2, 0.25) is 0 Å². The number of esters is 3. The van der Waals surface area contributed by atoms with Crippen molar-refractivity contribution < 1.29 is 28.6 Å². The standard InChI is InChI=1S/C23H46O2S.2C15H30O2S.Sn/c1-4-7-9-10-11-12-13-14-15-16-19-25-23(24)22(20-26)21(17-6-3)18-8-5-2;2*1-2-3-4-5-6-7-8-9-10-11-13-17-15(16)12-14-18;/h21-22,26H,4-20H2,1-3H3;2*18H,2-14H2,1H3;/q;;;+3/p-3. The predicted octanol–water partition coefficient (Wildman–Crippen LogP) is 17.6. The maximum absolute atomic E-state index is 13.8. The van der Waals surface area contributed by atoms with Crippen molar-refractivity contribution in [2.24, 2.45) is 11.8 Å². The molecule has 0 amide bonds. The Morgan fingerprint density at radius 3 is 1.06 bits per heavy atom. The minimum atomic E-state index is -2.29. The van der Waals surface area contributed by atoms with Crippen LogP contribution in [0.4, 0.5) is 0 Å². The van der Waals surface area contributed by atoms with Gasteiger partial charge in [-0.3, -0.25) is 0 Å². The Kier molecular flexibility index (Phi) is 51.9. The molecule has 0 saturated carbocycles. The van der Waals surface area contributed by atoms with Gasteiger partial charge in [-0.05, 0) is 0 Å². The van der Waals surface area contributed by atoms with Gasteiger partial charge in [-0.25, -0.2) is 0 Å².